The number of hydrogen-bond acceptors (Lipinski definition) is 5. The van der Waals surface area contributed by atoms with Crippen LogP contribution >= 0.6 is 0 Å². The van der Waals surface area contributed by atoms with E-state index in [4.69, 9.17) is 0 Å². The van der Waals surface area contributed by atoms with Gasteiger partial charge in [0.05, 0.1) is 5.60 Å². The maximum atomic E-state index is 10.9. The normalized spacial score (nSPS) is 30.4. The fourth-order valence-corrected chi connectivity index (χ4v) is 4.59. The molecule has 2 N–H and O–H groups in total. The molecule has 2 fully saturated rings. The highest BCUT2D eigenvalue weighted by Gasteiger charge is 2.47. The monoisotopic (exact) mass is 327 g/mol. The standard InChI is InChI=1S/C18H25N5O/c1-2-18(24)9-3-4-15-11-23(12-16(15)18)10-13-5-7-14(8-6-13)17-19-21-22-20-17/h5-8,15-16,24H,2-4,9-12H2,1H3,(H,19,20,21,22)/t15-,16+,18-/m0/s1. The molecule has 1 saturated carbocycles. The summed E-state index contributed by atoms with van der Waals surface area (Å²) >= 11 is 0. The fraction of sp³-hybridized carbons (Fsp3) is 0.611. The fourth-order valence-electron chi connectivity index (χ4n) is 4.59. The van der Waals surface area contributed by atoms with Gasteiger partial charge in [0.2, 0.25) is 5.82 Å². The van der Waals surface area contributed by atoms with Crippen molar-refractivity contribution in [1.29, 1.82) is 0 Å². The molecule has 6 heteroatoms. The summed E-state index contributed by atoms with van der Waals surface area (Å²) in [6, 6.07) is 8.37. The van der Waals surface area contributed by atoms with Gasteiger partial charge in [-0.2, -0.15) is 5.21 Å². The zero-order valence-corrected chi connectivity index (χ0v) is 14.1. The first-order chi connectivity index (χ1) is 11.7. The molecule has 6 nitrogen and oxygen atoms in total. The van der Waals surface area contributed by atoms with E-state index >= 15 is 0 Å². The number of nitrogens with one attached hydrogen (secondary N) is 1. The van der Waals surface area contributed by atoms with Gasteiger partial charge in [-0.05, 0) is 36.0 Å². The Morgan fingerprint density at radius 1 is 1.29 bits per heavy atom. The first kappa shape index (κ1) is 15.7. The number of fused-ring (bicyclic) bond motifs is 1. The number of aromatic nitrogens is 4. The highest BCUT2D eigenvalue weighted by Crippen LogP contribution is 2.44. The molecule has 3 atom stereocenters. The summed E-state index contributed by atoms with van der Waals surface area (Å²) in [5, 5.41) is 25.0. The second kappa shape index (κ2) is 6.26. The van der Waals surface area contributed by atoms with Crippen molar-refractivity contribution in [3.05, 3.63) is 29.8 Å². The predicted octanol–water partition coefficient (Wildman–Crippen LogP) is 2.24. The van der Waals surface area contributed by atoms with Crippen LogP contribution in [0.15, 0.2) is 24.3 Å². The van der Waals surface area contributed by atoms with Crippen molar-refractivity contribution in [1.82, 2.24) is 25.5 Å². The van der Waals surface area contributed by atoms with Gasteiger partial charge in [-0.25, -0.2) is 0 Å². The van der Waals surface area contributed by atoms with E-state index in [1.54, 1.807) is 0 Å². The van der Waals surface area contributed by atoms with Crippen LogP contribution in [0, 0.1) is 11.8 Å². The predicted molar refractivity (Wildman–Crippen MR) is 91.0 cm³/mol. The molecule has 2 aliphatic rings. The quantitative estimate of drug-likeness (QED) is 0.900. The maximum Gasteiger partial charge on any atom is 0.204 e. The topological polar surface area (TPSA) is 77.9 Å². The number of tetrazole rings is 1. The highest BCUT2D eigenvalue weighted by atomic mass is 16.3. The van der Waals surface area contributed by atoms with Gasteiger partial charge < -0.3 is 5.11 Å². The van der Waals surface area contributed by atoms with E-state index < -0.39 is 5.60 Å². The average Bonchev–Trinajstić information content (AvgIpc) is 3.26. The Morgan fingerprint density at radius 3 is 2.83 bits per heavy atom. The summed E-state index contributed by atoms with van der Waals surface area (Å²) in [5.41, 5.74) is 1.82. The van der Waals surface area contributed by atoms with Crippen molar-refractivity contribution in [3.63, 3.8) is 0 Å². The molecule has 1 aliphatic carbocycles. The van der Waals surface area contributed by atoms with Gasteiger partial charge >= 0.3 is 0 Å². The molecular formula is C18H25N5O. The van der Waals surface area contributed by atoms with Crippen LogP contribution in [0.5, 0.6) is 0 Å². The molecule has 2 heterocycles. The minimum atomic E-state index is -0.444. The van der Waals surface area contributed by atoms with Crippen LogP contribution in [0.25, 0.3) is 11.4 Å². The third-order valence-corrected chi connectivity index (χ3v) is 5.97. The number of hydrogen-bond donors (Lipinski definition) is 2. The molecule has 0 spiro atoms. The minimum Gasteiger partial charge on any atom is -0.390 e. The molecule has 1 aromatic heterocycles. The summed E-state index contributed by atoms with van der Waals surface area (Å²) in [5.74, 6) is 1.72. The summed E-state index contributed by atoms with van der Waals surface area (Å²) < 4.78 is 0. The molecule has 128 valence electrons. The van der Waals surface area contributed by atoms with Crippen molar-refractivity contribution in [2.24, 2.45) is 11.8 Å². The first-order valence-corrected chi connectivity index (χ1v) is 8.95. The van der Waals surface area contributed by atoms with Crippen molar-refractivity contribution in [3.8, 4) is 11.4 Å². The smallest absolute Gasteiger partial charge is 0.204 e. The molecule has 1 saturated heterocycles. The lowest BCUT2D eigenvalue weighted by atomic mass is 9.69. The summed E-state index contributed by atoms with van der Waals surface area (Å²) in [4.78, 5) is 2.50. The van der Waals surface area contributed by atoms with Crippen molar-refractivity contribution >= 4 is 0 Å². The molecule has 0 radical (unpaired) electrons. The van der Waals surface area contributed by atoms with Crippen LogP contribution in [0.1, 0.15) is 38.2 Å². The second-order valence-electron chi connectivity index (χ2n) is 7.34. The zero-order valence-electron chi connectivity index (χ0n) is 14.1. The summed E-state index contributed by atoms with van der Waals surface area (Å²) in [6.07, 6.45) is 4.28. The molecule has 0 bridgehead atoms. The molecule has 0 unspecified atom stereocenters. The van der Waals surface area contributed by atoms with Crippen LogP contribution in [-0.2, 0) is 6.54 Å². The van der Waals surface area contributed by atoms with Crippen LogP contribution in [0.4, 0.5) is 0 Å². The van der Waals surface area contributed by atoms with Crippen LogP contribution in [0.2, 0.25) is 0 Å². The van der Waals surface area contributed by atoms with Gasteiger partial charge in [0, 0.05) is 31.1 Å². The number of aromatic amines is 1. The van der Waals surface area contributed by atoms with E-state index in [9.17, 15) is 5.11 Å². The van der Waals surface area contributed by atoms with Gasteiger partial charge in [-0.3, -0.25) is 4.90 Å². The van der Waals surface area contributed by atoms with E-state index in [1.165, 1.54) is 18.4 Å². The number of aliphatic hydroxyl groups is 1. The van der Waals surface area contributed by atoms with E-state index in [0.29, 0.717) is 17.7 Å². The Balaban J connectivity index is 1.43. The number of H-pyrrole nitrogens is 1. The number of rotatable bonds is 4. The minimum absolute atomic E-state index is 0.440. The number of nitrogens with zero attached hydrogens (tertiary/aromatic N) is 4. The average molecular weight is 327 g/mol. The molecule has 2 aromatic rings. The van der Waals surface area contributed by atoms with Gasteiger partial charge in [-0.1, -0.05) is 37.6 Å². The second-order valence-corrected chi connectivity index (χ2v) is 7.34. The number of benzene rings is 1. The Morgan fingerprint density at radius 2 is 2.12 bits per heavy atom. The van der Waals surface area contributed by atoms with E-state index in [-0.39, 0.29) is 0 Å². The Kier molecular flexibility index (Phi) is 4.10. The van der Waals surface area contributed by atoms with Crippen LogP contribution in [-0.4, -0.2) is 49.3 Å². The van der Waals surface area contributed by atoms with Gasteiger partial charge in [0.25, 0.3) is 0 Å². The molecular weight excluding hydrogens is 302 g/mol. The van der Waals surface area contributed by atoms with Crippen molar-refractivity contribution in [2.45, 2.75) is 44.8 Å². The Labute approximate surface area is 142 Å². The van der Waals surface area contributed by atoms with E-state index in [1.807, 2.05) is 12.1 Å². The van der Waals surface area contributed by atoms with Crippen molar-refractivity contribution in [2.75, 3.05) is 13.1 Å². The van der Waals surface area contributed by atoms with Crippen molar-refractivity contribution < 1.29 is 5.11 Å². The Hall–Kier alpha value is -1.79. The largest absolute Gasteiger partial charge is 0.390 e. The number of likely N-dealkylation sites (tertiary alicyclic amines) is 1. The molecule has 0 amide bonds. The maximum absolute atomic E-state index is 10.9. The third-order valence-electron chi connectivity index (χ3n) is 5.97. The molecule has 24 heavy (non-hydrogen) atoms. The van der Waals surface area contributed by atoms with Crippen LogP contribution in [0.3, 0.4) is 0 Å². The third kappa shape index (κ3) is 2.84. The lowest BCUT2D eigenvalue weighted by Gasteiger charge is -2.40. The summed E-state index contributed by atoms with van der Waals surface area (Å²) in [6.45, 7) is 5.20. The Bertz CT molecular complexity index is 671. The lowest BCUT2D eigenvalue weighted by Crippen LogP contribution is -2.44. The van der Waals surface area contributed by atoms with Crippen LogP contribution < -0.4 is 0 Å². The SMILES string of the molecule is CC[C@]1(O)CCC[C@H]2CN(Cc3ccc(-c4nn[nH]n4)cc3)C[C@H]21. The summed E-state index contributed by atoms with van der Waals surface area (Å²) in [7, 11) is 0. The van der Waals surface area contributed by atoms with Gasteiger partial charge in [0.15, 0.2) is 0 Å². The highest BCUT2D eigenvalue weighted by molar-refractivity contribution is 5.54. The molecule has 4 rings (SSSR count). The zero-order chi connectivity index (χ0) is 16.6. The lowest BCUT2D eigenvalue weighted by molar-refractivity contribution is -0.0613. The van der Waals surface area contributed by atoms with Gasteiger partial charge in [0.1, 0.15) is 0 Å². The molecule has 1 aromatic carbocycles. The first-order valence-electron chi connectivity index (χ1n) is 8.95. The van der Waals surface area contributed by atoms with E-state index in [2.05, 4.69) is 44.6 Å². The van der Waals surface area contributed by atoms with Gasteiger partial charge in [-0.15, -0.1) is 10.2 Å². The van der Waals surface area contributed by atoms with E-state index in [0.717, 1.165) is 38.0 Å². The molecule has 1 aliphatic heterocycles.